The van der Waals surface area contributed by atoms with Gasteiger partial charge in [-0.25, -0.2) is 8.42 Å². The molecule has 0 saturated heterocycles. The van der Waals surface area contributed by atoms with E-state index in [1.807, 2.05) is 54.6 Å². The van der Waals surface area contributed by atoms with Crippen molar-refractivity contribution in [3.8, 4) is 11.5 Å². The first-order valence-corrected chi connectivity index (χ1v) is 14.7. The molecule has 3 N–H and O–H groups in total. The summed E-state index contributed by atoms with van der Waals surface area (Å²) in [5, 5.41) is 30.7. The summed E-state index contributed by atoms with van der Waals surface area (Å²) in [5.74, 6) is -0.0481. The lowest BCUT2D eigenvalue weighted by Crippen LogP contribution is -2.41. The number of sulfone groups is 1. The van der Waals surface area contributed by atoms with Gasteiger partial charge in [-0.1, -0.05) is 72.8 Å². The quantitative estimate of drug-likeness (QED) is 0.222. The van der Waals surface area contributed by atoms with Crippen molar-refractivity contribution in [2.45, 2.75) is 42.8 Å². The number of hydrogen-bond donors (Lipinski definition) is 3. The van der Waals surface area contributed by atoms with E-state index >= 15 is 0 Å². The number of rotatable bonds is 12. The molecule has 4 rings (SSSR count). The number of phenols is 2. The van der Waals surface area contributed by atoms with E-state index < -0.39 is 15.9 Å². The molecular weight excluding hydrogens is 510 g/mol. The standard InChI is InChI=1S/C32H35NO5S/c1-24(20-32(26-12-16-28(34)17-13-26)27-14-18-29(35)19-15-27)33(21-25-8-4-2-5-9-25)22-30(36)23-39(37,38)31-10-6-3-7-11-31/h2-19,24,30,32,34-36H,20-23H2,1H3/t24?,30-/m0/s1. The first kappa shape index (κ1) is 28.4. The third-order valence-corrected chi connectivity index (χ3v) is 8.79. The van der Waals surface area contributed by atoms with Crippen LogP contribution in [-0.2, 0) is 16.4 Å². The van der Waals surface area contributed by atoms with E-state index in [1.54, 1.807) is 54.6 Å². The minimum atomic E-state index is -3.64. The number of hydrogen-bond acceptors (Lipinski definition) is 6. The van der Waals surface area contributed by atoms with Gasteiger partial charge in [0.1, 0.15) is 11.5 Å². The van der Waals surface area contributed by atoms with Gasteiger partial charge >= 0.3 is 0 Å². The lowest BCUT2D eigenvalue weighted by atomic mass is 9.85. The van der Waals surface area contributed by atoms with E-state index in [2.05, 4.69) is 11.8 Å². The van der Waals surface area contributed by atoms with Gasteiger partial charge in [-0.3, -0.25) is 4.90 Å². The smallest absolute Gasteiger partial charge is 0.180 e. The molecule has 0 aliphatic heterocycles. The Labute approximate surface area is 230 Å². The van der Waals surface area contributed by atoms with Crippen molar-refractivity contribution in [2.75, 3.05) is 12.3 Å². The van der Waals surface area contributed by atoms with E-state index in [9.17, 15) is 23.7 Å². The predicted molar refractivity (Wildman–Crippen MR) is 153 cm³/mol. The molecule has 0 aliphatic rings. The van der Waals surface area contributed by atoms with Crippen LogP contribution in [0.1, 0.15) is 36.0 Å². The molecule has 7 heteroatoms. The second kappa shape index (κ2) is 12.9. The van der Waals surface area contributed by atoms with Crippen LogP contribution < -0.4 is 0 Å². The van der Waals surface area contributed by atoms with Crippen molar-refractivity contribution in [1.82, 2.24) is 4.90 Å². The zero-order valence-electron chi connectivity index (χ0n) is 22.0. The third kappa shape index (κ3) is 7.93. The summed E-state index contributed by atoms with van der Waals surface area (Å²) in [4.78, 5) is 2.32. The average Bonchev–Trinajstić information content (AvgIpc) is 2.93. The molecule has 6 nitrogen and oxygen atoms in total. The Kier molecular flexibility index (Phi) is 9.41. The molecule has 0 heterocycles. The summed E-state index contributed by atoms with van der Waals surface area (Å²) < 4.78 is 25.9. The molecular formula is C32H35NO5S. The van der Waals surface area contributed by atoms with Crippen molar-refractivity contribution < 1.29 is 23.7 Å². The van der Waals surface area contributed by atoms with Gasteiger partial charge in [0.05, 0.1) is 16.8 Å². The summed E-state index contributed by atoms with van der Waals surface area (Å²) in [6.07, 6.45) is -0.414. The first-order chi connectivity index (χ1) is 18.7. The lowest BCUT2D eigenvalue weighted by Gasteiger charge is -2.33. The highest BCUT2D eigenvalue weighted by atomic mass is 32.2. The normalized spacial score (nSPS) is 13.4. The molecule has 4 aromatic carbocycles. The Morgan fingerprint density at radius 2 is 1.21 bits per heavy atom. The molecule has 0 bridgehead atoms. The Balaban J connectivity index is 1.58. The van der Waals surface area contributed by atoms with Gasteiger partial charge in [-0.2, -0.15) is 0 Å². The van der Waals surface area contributed by atoms with E-state index in [4.69, 9.17) is 0 Å². The maximum absolute atomic E-state index is 12.9. The first-order valence-electron chi connectivity index (χ1n) is 13.0. The van der Waals surface area contributed by atoms with Crippen LogP contribution in [0.3, 0.4) is 0 Å². The SMILES string of the molecule is CC(CC(c1ccc(O)cc1)c1ccc(O)cc1)N(Cc1ccccc1)C[C@H](O)CS(=O)(=O)c1ccccc1. The van der Waals surface area contributed by atoms with Crippen molar-refractivity contribution in [1.29, 1.82) is 0 Å². The average molecular weight is 546 g/mol. The van der Waals surface area contributed by atoms with E-state index in [0.29, 0.717) is 13.0 Å². The van der Waals surface area contributed by atoms with Crippen LogP contribution >= 0.6 is 0 Å². The molecule has 0 saturated carbocycles. The van der Waals surface area contributed by atoms with Crippen molar-refractivity contribution in [2.24, 2.45) is 0 Å². The summed E-state index contributed by atoms with van der Waals surface area (Å²) in [6, 6.07) is 32.3. The fourth-order valence-corrected chi connectivity index (χ4v) is 6.26. The van der Waals surface area contributed by atoms with Crippen LogP contribution in [0.4, 0.5) is 0 Å². The van der Waals surface area contributed by atoms with Crippen molar-refractivity contribution >= 4 is 9.84 Å². The van der Waals surface area contributed by atoms with Crippen LogP contribution in [0.2, 0.25) is 0 Å². The zero-order chi connectivity index (χ0) is 27.8. The van der Waals surface area contributed by atoms with Gasteiger partial charge in [0, 0.05) is 25.0 Å². The largest absolute Gasteiger partial charge is 0.508 e. The summed E-state index contributed by atoms with van der Waals surface area (Å²) in [6.45, 7) is 2.80. The van der Waals surface area contributed by atoms with E-state index in [1.165, 1.54) is 0 Å². The van der Waals surface area contributed by atoms with Gasteiger partial charge in [0.2, 0.25) is 0 Å². The molecule has 0 aromatic heterocycles. The fourth-order valence-electron chi connectivity index (χ4n) is 4.89. The fraction of sp³-hybridized carbons (Fsp3) is 0.250. The molecule has 39 heavy (non-hydrogen) atoms. The lowest BCUT2D eigenvalue weighted by molar-refractivity contribution is 0.0946. The molecule has 0 fully saturated rings. The second-order valence-corrected chi connectivity index (χ2v) is 12.0. The number of aliphatic hydroxyl groups is 1. The number of benzene rings is 4. The highest BCUT2D eigenvalue weighted by Crippen LogP contribution is 2.33. The second-order valence-electron chi connectivity index (χ2n) is 9.98. The van der Waals surface area contributed by atoms with Crippen LogP contribution in [0, 0.1) is 0 Å². The molecule has 2 atom stereocenters. The Morgan fingerprint density at radius 1 is 0.718 bits per heavy atom. The van der Waals surface area contributed by atoms with Gasteiger partial charge < -0.3 is 15.3 Å². The molecule has 204 valence electrons. The van der Waals surface area contributed by atoms with Crippen molar-refractivity contribution in [3.63, 3.8) is 0 Å². The summed E-state index contributed by atoms with van der Waals surface area (Å²) in [5.41, 5.74) is 3.09. The highest BCUT2D eigenvalue weighted by Gasteiger charge is 2.26. The van der Waals surface area contributed by atoms with E-state index in [0.717, 1.165) is 16.7 Å². The Morgan fingerprint density at radius 3 is 1.72 bits per heavy atom. The molecule has 0 radical (unpaired) electrons. The zero-order valence-corrected chi connectivity index (χ0v) is 22.8. The van der Waals surface area contributed by atoms with Crippen molar-refractivity contribution in [3.05, 3.63) is 126 Å². The van der Waals surface area contributed by atoms with Crippen LogP contribution in [-0.4, -0.2) is 53.1 Å². The minimum Gasteiger partial charge on any atom is -0.508 e. The van der Waals surface area contributed by atoms with Gasteiger partial charge in [0.15, 0.2) is 9.84 Å². The number of phenolic OH excluding ortho intramolecular Hbond substituents is 2. The molecule has 0 aliphatic carbocycles. The maximum Gasteiger partial charge on any atom is 0.180 e. The van der Waals surface area contributed by atoms with Gasteiger partial charge in [0.25, 0.3) is 0 Å². The van der Waals surface area contributed by atoms with Gasteiger partial charge in [-0.05, 0) is 66.4 Å². The molecule has 0 spiro atoms. The predicted octanol–water partition coefficient (Wildman–Crippen LogP) is 5.35. The monoisotopic (exact) mass is 545 g/mol. The number of aromatic hydroxyl groups is 2. The Bertz CT molecular complexity index is 1360. The maximum atomic E-state index is 12.9. The van der Waals surface area contributed by atoms with E-state index in [-0.39, 0.29) is 40.7 Å². The summed E-state index contributed by atoms with van der Waals surface area (Å²) >= 11 is 0. The number of aliphatic hydroxyl groups excluding tert-OH is 1. The Hall–Kier alpha value is -3.65. The van der Waals surface area contributed by atoms with Crippen LogP contribution in [0.5, 0.6) is 11.5 Å². The third-order valence-electron chi connectivity index (χ3n) is 6.98. The van der Waals surface area contributed by atoms with Crippen LogP contribution in [0.15, 0.2) is 114 Å². The van der Waals surface area contributed by atoms with Gasteiger partial charge in [-0.15, -0.1) is 0 Å². The topological polar surface area (TPSA) is 98.1 Å². The molecule has 1 unspecified atom stereocenters. The molecule has 4 aromatic rings. The number of nitrogens with zero attached hydrogens (tertiary/aromatic N) is 1. The summed E-state index contributed by atoms with van der Waals surface area (Å²) in [7, 11) is -3.64. The van der Waals surface area contributed by atoms with Crippen LogP contribution in [0.25, 0.3) is 0 Å². The minimum absolute atomic E-state index is 0.0492. The highest BCUT2D eigenvalue weighted by molar-refractivity contribution is 7.91. The molecule has 0 amide bonds.